The van der Waals surface area contributed by atoms with Gasteiger partial charge in [-0.2, -0.15) is 0 Å². The van der Waals surface area contributed by atoms with E-state index in [0.717, 1.165) is 22.3 Å². The highest BCUT2D eigenvalue weighted by atomic mass is 16.5. The van der Waals surface area contributed by atoms with Crippen molar-refractivity contribution in [3.8, 4) is 5.75 Å². The Kier molecular flexibility index (Phi) is 3.83. The summed E-state index contributed by atoms with van der Waals surface area (Å²) in [5.74, 6) is 0.770. The Hall–Kier alpha value is -2.75. The third-order valence-electron chi connectivity index (χ3n) is 3.63. The number of rotatable bonds is 4. The number of carbonyl (C=O) groups excluding carboxylic acids is 1. The van der Waals surface area contributed by atoms with E-state index in [1.165, 1.54) is 5.56 Å². The fourth-order valence-corrected chi connectivity index (χ4v) is 2.44. The second kappa shape index (κ2) is 5.93. The number of fused-ring (bicyclic) bond motifs is 1. The quantitative estimate of drug-likeness (QED) is 0.799. The van der Waals surface area contributed by atoms with Crippen molar-refractivity contribution < 1.29 is 9.53 Å². The minimum absolute atomic E-state index is 0.0443. The Morgan fingerprint density at radius 1 is 1.14 bits per heavy atom. The first-order chi connectivity index (χ1) is 10.7. The van der Waals surface area contributed by atoms with Crippen LogP contribution in [0.25, 0.3) is 10.9 Å². The molecule has 0 fully saturated rings. The number of benzene rings is 2. The van der Waals surface area contributed by atoms with Crippen molar-refractivity contribution in [3.05, 3.63) is 60.3 Å². The maximum Gasteiger partial charge on any atom is 0.244 e. The minimum atomic E-state index is -0.0443. The molecule has 1 amide bonds. The van der Waals surface area contributed by atoms with Gasteiger partial charge in [-0.25, -0.2) is 0 Å². The van der Waals surface area contributed by atoms with Crippen LogP contribution in [0.4, 0.5) is 5.69 Å². The van der Waals surface area contributed by atoms with Crippen molar-refractivity contribution in [2.24, 2.45) is 0 Å². The van der Waals surface area contributed by atoms with Crippen LogP contribution in [0.3, 0.4) is 0 Å². The highest BCUT2D eigenvalue weighted by Crippen LogP contribution is 2.21. The first kappa shape index (κ1) is 14.2. The summed E-state index contributed by atoms with van der Waals surface area (Å²) in [6.07, 6.45) is 1.92. The molecule has 1 N–H and O–H groups in total. The van der Waals surface area contributed by atoms with Crippen molar-refractivity contribution >= 4 is 22.5 Å². The molecular weight excluding hydrogens is 276 g/mol. The normalized spacial score (nSPS) is 10.6. The zero-order valence-corrected chi connectivity index (χ0v) is 12.7. The van der Waals surface area contributed by atoms with Gasteiger partial charge in [0.05, 0.1) is 7.11 Å². The summed E-state index contributed by atoms with van der Waals surface area (Å²) in [7, 11) is 1.65. The average Bonchev–Trinajstić information content (AvgIpc) is 2.91. The molecule has 0 aliphatic rings. The molecule has 0 atom stereocenters. The number of nitrogens with one attached hydrogen (secondary N) is 1. The van der Waals surface area contributed by atoms with Crippen LogP contribution >= 0.6 is 0 Å². The number of aromatic nitrogens is 1. The lowest BCUT2D eigenvalue weighted by molar-refractivity contribution is -0.116. The molecule has 0 aliphatic carbocycles. The van der Waals surface area contributed by atoms with Gasteiger partial charge < -0.3 is 14.6 Å². The largest absolute Gasteiger partial charge is 0.497 e. The molecule has 3 aromatic rings. The summed E-state index contributed by atoms with van der Waals surface area (Å²) >= 11 is 0. The minimum Gasteiger partial charge on any atom is -0.497 e. The van der Waals surface area contributed by atoms with E-state index in [4.69, 9.17) is 4.74 Å². The van der Waals surface area contributed by atoms with E-state index in [1.54, 1.807) is 7.11 Å². The van der Waals surface area contributed by atoms with Crippen molar-refractivity contribution in [1.29, 1.82) is 0 Å². The summed E-state index contributed by atoms with van der Waals surface area (Å²) in [6, 6.07) is 15.6. The van der Waals surface area contributed by atoms with E-state index in [1.807, 2.05) is 66.2 Å². The van der Waals surface area contributed by atoms with Crippen LogP contribution in [-0.2, 0) is 11.3 Å². The van der Waals surface area contributed by atoms with Gasteiger partial charge in [-0.3, -0.25) is 4.79 Å². The van der Waals surface area contributed by atoms with Crippen molar-refractivity contribution in [3.63, 3.8) is 0 Å². The third kappa shape index (κ3) is 2.96. The molecular formula is C18H18N2O2. The van der Waals surface area contributed by atoms with Gasteiger partial charge in [0.15, 0.2) is 0 Å². The number of nitrogens with zero attached hydrogens (tertiary/aromatic N) is 1. The predicted molar refractivity (Wildman–Crippen MR) is 88.3 cm³/mol. The lowest BCUT2D eigenvalue weighted by atomic mass is 10.2. The van der Waals surface area contributed by atoms with Gasteiger partial charge in [-0.1, -0.05) is 17.7 Å². The number of carbonyl (C=O) groups is 1. The van der Waals surface area contributed by atoms with Crippen LogP contribution < -0.4 is 10.1 Å². The fraction of sp³-hybridized carbons (Fsp3) is 0.167. The Labute approximate surface area is 129 Å². The standard InChI is InChI=1S/C18H18N2O2/c1-13-3-5-15(6-4-13)19-18(21)12-20-10-9-14-11-16(22-2)7-8-17(14)20/h3-11H,12H2,1-2H3,(H,19,21). The highest BCUT2D eigenvalue weighted by Gasteiger charge is 2.07. The van der Waals surface area contributed by atoms with Crippen molar-refractivity contribution in [2.75, 3.05) is 12.4 Å². The molecule has 1 heterocycles. The van der Waals surface area contributed by atoms with Gasteiger partial charge in [-0.05, 0) is 43.3 Å². The van der Waals surface area contributed by atoms with E-state index < -0.39 is 0 Å². The molecule has 0 saturated heterocycles. The van der Waals surface area contributed by atoms with E-state index in [2.05, 4.69) is 5.32 Å². The van der Waals surface area contributed by atoms with E-state index >= 15 is 0 Å². The zero-order valence-electron chi connectivity index (χ0n) is 12.7. The molecule has 112 valence electrons. The van der Waals surface area contributed by atoms with Gasteiger partial charge in [0.2, 0.25) is 5.91 Å². The summed E-state index contributed by atoms with van der Waals surface area (Å²) in [5.41, 5.74) is 3.00. The van der Waals surface area contributed by atoms with Crippen LogP contribution in [-0.4, -0.2) is 17.6 Å². The average molecular weight is 294 g/mol. The number of methoxy groups -OCH3 is 1. The Bertz CT molecular complexity index is 804. The van der Waals surface area contributed by atoms with E-state index in [9.17, 15) is 4.79 Å². The number of ether oxygens (including phenoxy) is 1. The van der Waals surface area contributed by atoms with Gasteiger partial charge in [-0.15, -0.1) is 0 Å². The summed E-state index contributed by atoms with van der Waals surface area (Å²) in [4.78, 5) is 12.2. The Morgan fingerprint density at radius 3 is 2.64 bits per heavy atom. The lowest BCUT2D eigenvalue weighted by Crippen LogP contribution is -2.18. The Balaban J connectivity index is 1.75. The number of amides is 1. The van der Waals surface area contributed by atoms with Crippen molar-refractivity contribution in [2.45, 2.75) is 13.5 Å². The number of hydrogen-bond donors (Lipinski definition) is 1. The molecule has 0 unspecified atom stereocenters. The second-order valence-electron chi connectivity index (χ2n) is 5.28. The van der Waals surface area contributed by atoms with Gasteiger partial charge in [0.1, 0.15) is 12.3 Å². The van der Waals surface area contributed by atoms with Crippen LogP contribution in [0.1, 0.15) is 5.56 Å². The zero-order chi connectivity index (χ0) is 15.5. The predicted octanol–water partition coefficient (Wildman–Crippen LogP) is 3.60. The summed E-state index contributed by atoms with van der Waals surface area (Å²) in [5, 5.41) is 3.97. The van der Waals surface area contributed by atoms with E-state index in [-0.39, 0.29) is 12.5 Å². The number of aryl methyl sites for hydroxylation is 1. The maximum absolute atomic E-state index is 12.2. The first-order valence-corrected chi connectivity index (χ1v) is 7.15. The molecule has 2 aromatic carbocycles. The molecule has 0 radical (unpaired) electrons. The topological polar surface area (TPSA) is 43.3 Å². The molecule has 4 nitrogen and oxygen atoms in total. The van der Waals surface area contributed by atoms with Crippen LogP contribution in [0.15, 0.2) is 54.7 Å². The van der Waals surface area contributed by atoms with Gasteiger partial charge >= 0.3 is 0 Å². The molecule has 0 bridgehead atoms. The van der Waals surface area contributed by atoms with Gasteiger partial charge in [0.25, 0.3) is 0 Å². The SMILES string of the molecule is COc1ccc2c(ccn2CC(=O)Nc2ccc(C)cc2)c1. The monoisotopic (exact) mass is 294 g/mol. The molecule has 0 saturated carbocycles. The molecule has 1 aromatic heterocycles. The first-order valence-electron chi connectivity index (χ1n) is 7.15. The maximum atomic E-state index is 12.2. The summed E-state index contributed by atoms with van der Waals surface area (Å²) in [6.45, 7) is 2.30. The number of anilines is 1. The highest BCUT2D eigenvalue weighted by molar-refractivity contribution is 5.92. The third-order valence-corrected chi connectivity index (χ3v) is 3.63. The second-order valence-corrected chi connectivity index (χ2v) is 5.28. The van der Waals surface area contributed by atoms with Crippen molar-refractivity contribution in [1.82, 2.24) is 4.57 Å². The number of hydrogen-bond acceptors (Lipinski definition) is 2. The molecule has 4 heteroatoms. The van der Waals surface area contributed by atoms with Crippen LogP contribution in [0.2, 0.25) is 0 Å². The molecule has 0 spiro atoms. The van der Waals surface area contributed by atoms with Gasteiger partial charge in [0, 0.05) is 22.8 Å². The van der Waals surface area contributed by atoms with Crippen LogP contribution in [0.5, 0.6) is 5.75 Å². The van der Waals surface area contributed by atoms with Crippen LogP contribution in [0, 0.1) is 6.92 Å². The Morgan fingerprint density at radius 2 is 1.91 bits per heavy atom. The molecule has 3 rings (SSSR count). The fourth-order valence-electron chi connectivity index (χ4n) is 2.44. The lowest BCUT2D eigenvalue weighted by Gasteiger charge is -2.08. The van der Waals surface area contributed by atoms with E-state index in [0.29, 0.717) is 0 Å². The summed E-state index contributed by atoms with van der Waals surface area (Å²) < 4.78 is 7.14. The smallest absolute Gasteiger partial charge is 0.244 e. The molecule has 0 aliphatic heterocycles. The molecule has 22 heavy (non-hydrogen) atoms.